The second-order valence-corrected chi connectivity index (χ2v) is 7.69. The Morgan fingerprint density at radius 2 is 2.04 bits per heavy atom. The van der Waals surface area contributed by atoms with Gasteiger partial charge in [-0.1, -0.05) is 0 Å². The van der Waals surface area contributed by atoms with Crippen molar-refractivity contribution < 1.29 is 32.6 Å². The van der Waals surface area contributed by atoms with Crippen molar-refractivity contribution in [2.75, 3.05) is 27.2 Å². The predicted octanol–water partition coefficient (Wildman–Crippen LogP) is 2.45. The lowest BCUT2D eigenvalue weighted by Crippen LogP contribution is -2.29. The molecule has 3 heterocycles. The molecule has 27 heavy (non-hydrogen) atoms. The van der Waals surface area contributed by atoms with Gasteiger partial charge in [0.05, 0.1) is 18.6 Å². The van der Waals surface area contributed by atoms with Crippen LogP contribution in [0.5, 0.6) is 0 Å². The molecule has 1 N–H and O–H groups in total. The number of alkyl halides is 3. The third-order valence-electron chi connectivity index (χ3n) is 4.52. The molecule has 0 spiro atoms. The minimum atomic E-state index is -5.08. The van der Waals surface area contributed by atoms with Gasteiger partial charge < -0.3 is 14.7 Å². The van der Waals surface area contributed by atoms with E-state index < -0.39 is 12.1 Å². The zero-order chi connectivity index (χ0) is 20.2. The van der Waals surface area contributed by atoms with E-state index in [2.05, 4.69) is 21.7 Å². The minimum Gasteiger partial charge on any atom is -0.475 e. The van der Waals surface area contributed by atoms with Crippen LogP contribution in [0, 0.1) is 5.92 Å². The first-order valence-electron chi connectivity index (χ1n) is 8.45. The summed E-state index contributed by atoms with van der Waals surface area (Å²) in [6.07, 6.45) is -3.06. The summed E-state index contributed by atoms with van der Waals surface area (Å²) in [5.74, 6) is -1.98. The number of carbonyl (C=O) groups is 2. The van der Waals surface area contributed by atoms with Gasteiger partial charge in [0.2, 0.25) is 5.91 Å². The van der Waals surface area contributed by atoms with Crippen molar-refractivity contribution in [1.82, 2.24) is 9.80 Å². The second kappa shape index (κ2) is 9.03. The van der Waals surface area contributed by atoms with Crippen molar-refractivity contribution in [1.29, 1.82) is 0 Å². The molecule has 152 valence electrons. The first kappa shape index (κ1) is 21.6. The Morgan fingerprint density at radius 1 is 1.37 bits per heavy atom. The summed E-state index contributed by atoms with van der Waals surface area (Å²) in [6, 6.07) is 2.19. The molecule has 3 atom stereocenters. The molecule has 2 saturated heterocycles. The fourth-order valence-electron chi connectivity index (χ4n) is 3.23. The highest BCUT2D eigenvalue weighted by Gasteiger charge is 2.42. The van der Waals surface area contributed by atoms with Crippen molar-refractivity contribution in [3.8, 4) is 0 Å². The molecule has 2 aliphatic heterocycles. The van der Waals surface area contributed by atoms with Crippen LogP contribution >= 0.6 is 11.3 Å². The molecule has 0 unspecified atom stereocenters. The summed E-state index contributed by atoms with van der Waals surface area (Å²) in [6.45, 7) is 3.14. The number of carboxylic acid groups (broad SMARTS) is 1. The Balaban J connectivity index is 0.000000321. The molecule has 0 bridgehead atoms. The molecule has 0 aromatic carbocycles. The average Bonchev–Trinajstić information content (AvgIpc) is 3.24. The Kier molecular flexibility index (Phi) is 7.24. The van der Waals surface area contributed by atoms with Crippen LogP contribution in [-0.4, -0.2) is 72.4 Å². The molecule has 1 aromatic heterocycles. The van der Waals surface area contributed by atoms with Gasteiger partial charge >= 0.3 is 12.1 Å². The molecular formula is C17H23F3N2O4S. The maximum Gasteiger partial charge on any atom is 0.490 e. The summed E-state index contributed by atoms with van der Waals surface area (Å²) in [7, 11) is 3.61. The number of amides is 1. The molecule has 3 rings (SSSR count). The quantitative estimate of drug-likeness (QED) is 0.829. The summed E-state index contributed by atoms with van der Waals surface area (Å²) in [5.41, 5.74) is 1.40. The van der Waals surface area contributed by atoms with Gasteiger partial charge in [-0.2, -0.15) is 24.5 Å². The summed E-state index contributed by atoms with van der Waals surface area (Å²) in [4.78, 5) is 24.8. The summed E-state index contributed by atoms with van der Waals surface area (Å²) >= 11 is 1.75. The van der Waals surface area contributed by atoms with Crippen molar-refractivity contribution in [2.45, 2.75) is 37.8 Å². The highest BCUT2D eigenvalue weighted by atomic mass is 32.1. The highest BCUT2D eigenvalue weighted by molar-refractivity contribution is 7.07. The van der Waals surface area contributed by atoms with Crippen molar-refractivity contribution >= 4 is 23.2 Å². The molecule has 2 aliphatic rings. The molecule has 0 aliphatic carbocycles. The molecular weight excluding hydrogens is 385 g/mol. The largest absolute Gasteiger partial charge is 0.490 e. The number of hydrogen-bond acceptors (Lipinski definition) is 5. The SMILES string of the molecule is CN(C)C(=O)C[C@H]1C[C@H]2CN(Cc3ccsc3)C[C@H]2O1.O=C(O)C(F)(F)F. The third kappa shape index (κ3) is 6.47. The normalized spacial score (nSPS) is 24.9. The number of ether oxygens (including phenoxy) is 1. The number of thiophene rings is 1. The smallest absolute Gasteiger partial charge is 0.475 e. The van der Waals surface area contributed by atoms with Crippen LogP contribution < -0.4 is 0 Å². The average molecular weight is 408 g/mol. The van der Waals surface area contributed by atoms with Crippen LogP contribution in [0.25, 0.3) is 0 Å². The van der Waals surface area contributed by atoms with Crippen molar-refractivity contribution in [3.05, 3.63) is 22.4 Å². The fraction of sp³-hybridized carbons (Fsp3) is 0.647. The van der Waals surface area contributed by atoms with E-state index in [1.807, 2.05) is 0 Å². The van der Waals surface area contributed by atoms with Crippen LogP contribution in [-0.2, 0) is 20.9 Å². The van der Waals surface area contributed by atoms with Gasteiger partial charge in [-0.3, -0.25) is 9.69 Å². The van der Waals surface area contributed by atoms with Crippen molar-refractivity contribution in [2.24, 2.45) is 5.92 Å². The first-order valence-corrected chi connectivity index (χ1v) is 9.39. The zero-order valence-electron chi connectivity index (χ0n) is 15.1. The lowest BCUT2D eigenvalue weighted by Gasteiger charge is -2.19. The van der Waals surface area contributed by atoms with Crippen LogP contribution in [0.15, 0.2) is 16.8 Å². The van der Waals surface area contributed by atoms with Crippen LogP contribution in [0.1, 0.15) is 18.4 Å². The van der Waals surface area contributed by atoms with E-state index in [-0.39, 0.29) is 12.0 Å². The molecule has 0 radical (unpaired) electrons. The Hall–Kier alpha value is -1.65. The van der Waals surface area contributed by atoms with Crippen LogP contribution in [0.3, 0.4) is 0 Å². The first-order chi connectivity index (χ1) is 12.6. The number of nitrogens with zero attached hydrogens (tertiary/aromatic N) is 2. The minimum absolute atomic E-state index is 0.128. The number of halogens is 3. The molecule has 6 nitrogen and oxygen atoms in total. The lowest BCUT2D eigenvalue weighted by molar-refractivity contribution is -0.192. The zero-order valence-corrected chi connectivity index (χ0v) is 15.9. The third-order valence-corrected chi connectivity index (χ3v) is 5.25. The number of likely N-dealkylation sites (tertiary alicyclic amines) is 1. The van der Waals surface area contributed by atoms with Gasteiger partial charge in [-0.15, -0.1) is 0 Å². The second-order valence-electron chi connectivity index (χ2n) is 6.91. The topological polar surface area (TPSA) is 70.1 Å². The Bertz CT molecular complexity index is 623. The van der Waals surface area contributed by atoms with E-state index in [0.717, 1.165) is 26.1 Å². The monoisotopic (exact) mass is 408 g/mol. The van der Waals surface area contributed by atoms with Gasteiger partial charge in [0.15, 0.2) is 0 Å². The summed E-state index contributed by atoms with van der Waals surface area (Å²) in [5, 5.41) is 11.5. The van der Waals surface area contributed by atoms with E-state index in [4.69, 9.17) is 14.6 Å². The lowest BCUT2D eigenvalue weighted by atomic mass is 10.0. The van der Waals surface area contributed by atoms with Gasteiger partial charge in [0.1, 0.15) is 0 Å². The van der Waals surface area contributed by atoms with Crippen LogP contribution in [0.4, 0.5) is 13.2 Å². The molecule has 1 aromatic rings. The number of fused-ring (bicyclic) bond motifs is 1. The molecule has 1 amide bonds. The summed E-state index contributed by atoms with van der Waals surface area (Å²) < 4.78 is 37.8. The van der Waals surface area contributed by atoms with E-state index >= 15 is 0 Å². The Morgan fingerprint density at radius 3 is 2.52 bits per heavy atom. The number of carbonyl (C=O) groups excluding carboxylic acids is 1. The maximum atomic E-state index is 11.7. The van der Waals surface area contributed by atoms with E-state index in [1.54, 1.807) is 30.3 Å². The Labute approximate surface area is 159 Å². The van der Waals surface area contributed by atoms with E-state index in [1.165, 1.54) is 5.56 Å². The van der Waals surface area contributed by atoms with E-state index in [0.29, 0.717) is 18.4 Å². The number of rotatable bonds is 4. The number of hydrogen-bond donors (Lipinski definition) is 1. The standard InChI is InChI=1S/C15H22N2O2S.C2HF3O2/c1-16(2)15(18)6-13-5-12-8-17(9-14(12)19-13)7-11-3-4-20-10-11;3-2(4,5)1(6)7/h3-4,10,12-14H,5-9H2,1-2H3;(H,6,7)/t12-,13+,14+;/m0./s1. The van der Waals surface area contributed by atoms with E-state index in [9.17, 15) is 18.0 Å². The van der Waals surface area contributed by atoms with Gasteiger partial charge in [0.25, 0.3) is 0 Å². The van der Waals surface area contributed by atoms with Gasteiger partial charge in [-0.05, 0) is 28.8 Å². The van der Waals surface area contributed by atoms with Gasteiger partial charge in [0, 0.05) is 39.6 Å². The molecule has 0 saturated carbocycles. The van der Waals surface area contributed by atoms with Crippen molar-refractivity contribution in [3.63, 3.8) is 0 Å². The highest BCUT2D eigenvalue weighted by Crippen LogP contribution is 2.35. The molecule has 10 heteroatoms. The number of carboxylic acids is 1. The molecule has 2 fully saturated rings. The fourth-order valence-corrected chi connectivity index (χ4v) is 3.89. The maximum absolute atomic E-state index is 11.7. The van der Waals surface area contributed by atoms with Crippen LogP contribution in [0.2, 0.25) is 0 Å². The van der Waals surface area contributed by atoms with Gasteiger partial charge in [-0.25, -0.2) is 4.79 Å². The number of aliphatic carboxylic acids is 1. The predicted molar refractivity (Wildman–Crippen MR) is 93.4 cm³/mol.